The van der Waals surface area contributed by atoms with Gasteiger partial charge in [0.15, 0.2) is 0 Å². The molecule has 0 radical (unpaired) electrons. The van der Waals surface area contributed by atoms with Gasteiger partial charge in [-0.3, -0.25) is 0 Å². The average molecular weight is 301 g/mol. The highest BCUT2D eigenvalue weighted by Crippen LogP contribution is 2.35. The lowest BCUT2D eigenvalue weighted by Crippen LogP contribution is -2.22. The van der Waals surface area contributed by atoms with Crippen LogP contribution in [0.3, 0.4) is 0 Å². The van der Waals surface area contributed by atoms with Gasteiger partial charge in [0.1, 0.15) is 0 Å². The molecule has 0 aliphatic heterocycles. The lowest BCUT2D eigenvalue weighted by molar-refractivity contribution is -0.137. The molecular weight excluding hydrogens is 288 g/mol. The highest BCUT2D eigenvalue weighted by atomic mass is 35.5. The van der Waals surface area contributed by atoms with Gasteiger partial charge in [-0.05, 0) is 38.0 Å². The second-order valence-corrected chi connectivity index (χ2v) is 5.21. The fraction of sp³-hybridized carbons (Fsp3) is 0.500. The molecule has 0 heterocycles. The minimum absolute atomic E-state index is 0.0351. The fourth-order valence-electron chi connectivity index (χ4n) is 1.68. The molecule has 1 aromatic rings. The van der Waals surface area contributed by atoms with E-state index in [-0.39, 0.29) is 17.9 Å². The van der Waals surface area contributed by atoms with Crippen LogP contribution in [0.1, 0.15) is 31.7 Å². The van der Waals surface area contributed by atoms with Crippen molar-refractivity contribution in [1.29, 1.82) is 0 Å². The van der Waals surface area contributed by atoms with Gasteiger partial charge in [0.25, 0.3) is 0 Å². The van der Waals surface area contributed by atoms with E-state index in [2.05, 4.69) is 0 Å². The van der Waals surface area contributed by atoms with Crippen molar-refractivity contribution in [2.45, 2.75) is 38.0 Å². The summed E-state index contributed by atoms with van der Waals surface area (Å²) >= 11 is 11.7. The van der Waals surface area contributed by atoms with Crippen molar-refractivity contribution in [3.63, 3.8) is 0 Å². The Labute approximate surface area is 114 Å². The van der Waals surface area contributed by atoms with Crippen LogP contribution in [0, 0.1) is 0 Å². The third-order valence-corrected chi connectivity index (χ3v) is 3.20. The molecular formula is C12H13Cl2F3O. The van der Waals surface area contributed by atoms with Gasteiger partial charge in [-0.1, -0.05) is 23.2 Å². The van der Waals surface area contributed by atoms with E-state index < -0.39 is 18.2 Å². The molecule has 0 spiro atoms. The molecule has 6 heteroatoms. The zero-order valence-corrected chi connectivity index (χ0v) is 11.2. The number of alkyl halides is 3. The third-order valence-electron chi connectivity index (χ3n) is 2.63. The summed E-state index contributed by atoms with van der Waals surface area (Å²) < 4.78 is 36.1. The predicted molar refractivity (Wildman–Crippen MR) is 65.9 cm³/mol. The monoisotopic (exact) mass is 300 g/mol. The van der Waals surface area contributed by atoms with E-state index in [1.165, 1.54) is 19.1 Å². The van der Waals surface area contributed by atoms with Gasteiger partial charge in [-0.2, -0.15) is 13.2 Å². The Morgan fingerprint density at radius 2 is 1.78 bits per heavy atom. The Kier molecular flexibility index (Phi) is 4.92. The molecule has 0 saturated heterocycles. The normalized spacial score (nSPS) is 15.5. The standard InChI is InChI=1S/C12H13Cl2F3O/c1-11(18,5-2-6-12(15,16)17)9-7-8(13)3-4-10(9)14/h3-4,7,18H,2,5-6H2,1H3. The highest BCUT2D eigenvalue weighted by molar-refractivity contribution is 6.33. The number of hydrogen-bond donors (Lipinski definition) is 1. The maximum absolute atomic E-state index is 12.0. The Morgan fingerprint density at radius 3 is 2.33 bits per heavy atom. The zero-order chi connectivity index (χ0) is 14.0. The summed E-state index contributed by atoms with van der Waals surface area (Å²) in [4.78, 5) is 0. The summed E-state index contributed by atoms with van der Waals surface area (Å²) in [6.45, 7) is 1.43. The zero-order valence-electron chi connectivity index (χ0n) is 9.69. The minimum atomic E-state index is -4.21. The second kappa shape index (κ2) is 5.68. The van der Waals surface area contributed by atoms with Gasteiger partial charge in [0, 0.05) is 22.0 Å². The molecule has 0 bridgehead atoms. The molecule has 102 valence electrons. The number of benzene rings is 1. The lowest BCUT2D eigenvalue weighted by Gasteiger charge is -2.25. The molecule has 0 aliphatic carbocycles. The van der Waals surface area contributed by atoms with Gasteiger partial charge < -0.3 is 5.11 Å². The molecule has 1 nitrogen and oxygen atoms in total. The van der Waals surface area contributed by atoms with Crippen molar-refractivity contribution < 1.29 is 18.3 Å². The number of rotatable bonds is 4. The smallest absolute Gasteiger partial charge is 0.385 e. The molecule has 18 heavy (non-hydrogen) atoms. The first-order chi connectivity index (χ1) is 8.12. The predicted octanol–water partition coefficient (Wildman–Crippen LogP) is 4.93. The van der Waals surface area contributed by atoms with E-state index in [1.807, 2.05) is 0 Å². The SMILES string of the molecule is CC(O)(CCCC(F)(F)F)c1cc(Cl)ccc1Cl. The summed E-state index contributed by atoms with van der Waals surface area (Å²) in [5.41, 5.74) is -1.08. The van der Waals surface area contributed by atoms with Crippen LogP contribution in [0.25, 0.3) is 0 Å². The maximum atomic E-state index is 12.0. The first-order valence-electron chi connectivity index (χ1n) is 5.36. The fourth-order valence-corrected chi connectivity index (χ4v) is 2.17. The van der Waals surface area contributed by atoms with E-state index in [9.17, 15) is 18.3 Å². The lowest BCUT2D eigenvalue weighted by atomic mass is 9.90. The van der Waals surface area contributed by atoms with Crippen molar-refractivity contribution in [1.82, 2.24) is 0 Å². The van der Waals surface area contributed by atoms with E-state index in [0.29, 0.717) is 10.6 Å². The molecule has 1 aromatic carbocycles. The maximum Gasteiger partial charge on any atom is 0.389 e. The largest absolute Gasteiger partial charge is 0.389 e. The van der Waals surface area contributed by atoms with Gasteiger partial charge >= 0.3 is 6.18 Å². The molecule has 0 aliphatic rings. The Morgan fingerprint density at radius 1 is 1.17 bits per heavy atom. The molecule has 0 amide bonds. The molecule has 0 fully saturated rings. The Hall–Kier alpha value is -0.450. The van der Waals surface area contributed by atoms with Crippen LogP contribution in [0.15, 0.2) is 18.2 Å². The Balaban J connectivity index is 2.76. The van der Waals surface area contributed by atoms with Crippen LogP contribution >= 0.6 is 23.2 Å². The van der Waals surface area contributed by atoms with Crippen molar-refractivity contribution in [2.75, 3.05) is 0 Å². The molecule has 1 rings (SSSR count). The van der Waals surface area contributed by atoms with Crippen molar-refractivity contribution >= 4 is 23.2 Å². The third kappa shape index (κ3) is 4.67. The van der Waals surface area contributed by atoms with E-state index in [1.54, 1.807) is 6.07 Å². The molecule has 1 unspecified atom stereocenters. The quantitative estimate of drug-likeness (QED) is 0.835. The van der Waals surface area contributed by atoms with Crippen LogP contribution in [0.5, 0.6) is 0 Å². The van der Waals surface area contributed by atoms with Gasteiger partial charge in [0.05, 0.1) is 5.60 Å². The summed E-state index contributed by atoms with van der Waals surface area (Å²) in [5, 5.41) is 10.8. The van der Waals surface area contributed by atoms with Gasteiger partial charge in [-0.25, -0.2) is 0 Å². The molecule has 1 atom stereocenters. The van der Waals surface area contributed by atoms with E-state index in [0.717, 1.165) is 0 Å². The topological polar surface area (TPSA) is 20.2 Å². The van der Waals surface area contributed by atoms with Gasteiger partial charge in [0.2, 0.25) is 0 Å². The van der Waals surface area contributed by atoms with Crippen molar-refractivity contribution in [2.24, 2.45) is 0 Å². The van der Waals surface area contributed by atoms with E-state index >= 15 is 0 Å². The first-order valence-corrected chi connectivity index (χ1v) is 6.12. The Bertz CT molecular complexity index is 416. The number of aliphatic hydroxyl groups is 1. The summed E-state index contributed by atoms with van der Waals surface area (Å²) in [5.74, 6) is 0. The van der Waals surface area contributed by atoms with Crippen LogP contribution in [0.4, 0.5) is 13.2 Å². The second-order valence-electron chi connectivity index (χ2n) is 4.37. The minimum Gasteiger partial charge on any atom is -0.385 e. The summed E-state index contributed by atoms with van der Waals surface area (Å²) in [6.07, 6.45) is -5.35. The first kappa shape index (κ1) is 15.6. The molecule has 0 aromatic heterocycles. The summed E-state index contributed by atoms with van der Waals surface area (Å²) in [6, 6.07) is 4.54. The number of hydrogen-bond acceptors (Lipinski definition) is 1. The van der Waals surface area contributed by atoms with Crippen LogP contribution < -0.4 is 0 Å². The van der Waals surface area contributed by atoms with Crippen LogP contribution in [0.2, 0.25) is 10.0 Å². The molecule has 0 saturated carbocycles. The number of halogens is 5. The van der Waals surface area contributed by atoms with Gasteiger partial charge in [-0.15, -0.1) is 0 Å². The summed E-state index contributed by atoms with van der Waals surface area (Å²) in [7, 11) is 0. The van der Waals surface area contributed by atoms with Crippen molar-refractivity contribution in [3.05, 3.63) is 33.8 Å². The van der Waals surface area contributed by atoms with Crippen LogP contribution in [-0.2, 0) is 5.60 Å². The average Bonchev–Trinajstić information content (AvgIpc) is 2.19. The highest BCUT2D eigenvalue weighted by Gasteiger charge is 2.30. The van der Waals surface area contributed by atoms with Crippen LogP contribution in [-0.4, -0.2) is 11.3 Å². The van der Waals surface area contributed by atoms with E-state index in [4.69, 9.17) is 23.2 Å². The molecule has 1 N–H and O–H groups in total. The van der Waals surface area contributed by atoms with Crippen molar-refractivity contribution in [3.8, 4) is 0 Å².